The van der Waals surface area contributed by atoms with E-state index in [1.54, 1.807) is 19.5 Å². The second-order valence-corrected chi connectivity index (χ2v) is 6.21. The minimum absolute atomic E-state index is 0.349. The van der Waals surface area contributed by atoms with E-state index < -0.39 is 0 Å². The SMILES string of the molecule is COc1cc(C2=C(c3ccnc(N)c3)CC(c3ccccc3)=N2)cnc1N. The van der Waals surface area contributed by atoms with Crippen molar-refractivity contribution in [1.29, 1.82) is 0 Å². The summed E-state index contributed by atoms with van der Waals surface area (Å²) < 4.78 is 5.33. The van der Waals surface area contributed by atoms with E-state index in [9.17, 15) is 0 Å². The molecule has 1 aliphatic rings. The molecule has 0 saturated carbocycles. The molecule has 0 atom stereocenters. The summed E-state index contributed by atoms with van der Waals surface area (Å²) in [5, 5.41) is 0. The number of hydrogen-bond acceptors (Lipinski definition) is 6. The van der Waals surface area contributed by atoms with Gasteiger partial charge in [0.05, 0.1) is 18.5 Å². The second kappa shape index (κ2) is 6.92. The van der Waals surface area contributed by atoms with E-state index in [0.29, 0.717) is 23.8 Å². The zero-order valence-corrected chi connectivity index (χ0v) is 14.9. The van der Waals surface area contributed by atoms with Crippen LogP contribution in [0.25, 0.3) is 11.3 Å². The zero-order chi connectivity index (χ0) is 18.8. The van der Waals surface area contributed by atoms with Crippen LogP contribution < -0.4 is 16.2 Å². The van der Waals surface area contributed by atoms with Crippen LogP contribution in [0.3, 0.4) is 0 Å². The van der Waals surface area contributed by atoms with Crippen molar-refractivity contribution < 1.29 is 4.74 Å². The Morgan fingerprint density at radius 2 is 1.74 bits per heavy atom. The van der Waals surface area contributed by atoms with Gasteiger partial charge in [0, 0.05) is 24.4 Å². The van der Waals surface area contributed by atoms with Crippen LogP contribution in [0.1, 0.15) is 23.1 Å². The standard InChI is InChI=1S/C21H19N5O/c1-27-18-9-15(12-25-21(18)23)20-16(14-7-8-24-19(22)10-14)11-17(26-20)13-5-3-2-4-6-13/h2-10,12H,11H2,1H3,(H2,22,24)(H2,23,25). The van der Waals surface area contributed by atoms with Gasteiger partial charge in [-0.05, 0) is 34.9 Å². The first-order valence-electron chi connectivity index (χ1n) is 8.53. The molecule has 2 aromatic heterocycles. The van der Waals surface area contributed by atoms with Crippen molar-refractivity contribution >= 4 is 28.6 Å². The number of rotatable bonds is 4. The molecule has 134 valence electrons. The lowest BCUT2D eigenvalue weighted by Gasteiger charge is -2.09. The summed E-state index contributed by atoms with van der Waals surface area (Å²) in [6, 6.07) is 15.8. The minimum atomic E-state index is 0.349. The van der Waals surface area contributed by atoms with E-state index in [1.807, 2.05) is 36.4 Å². The number of benzene rings is 1. The van der Waals surface area contributed by atoms with Gasteiger partial charge in [0.1, 0.15) is 5.82 Å². The highest BCUT2D eigenvalue weighted by molar-refractivity contribution is 6.16. The molecule has 0 unspecified atom stereocenters. The third-order valence-corrected chi connectivity index (χ3v) is 4.49. The molecule has 0 radical (unpaired) electrons. The van der Waals surface area contributed by atoms with Gasteiger partial charge in [0.15, 0.2) is 11.6 Å². The first kappa shape index (κ1) is 16.8. The topological polar surface area (TPSA) is 99.4 Å². The lowest BCUT2D eigenvalue weighted by atomic mass is 9.97. The third-order valence-electron chi connectivity index (χ3n) is 4.49. The summed E-state index contributed by atoms with van der Waals surface area (Å²) in [6.45, 7) is 0. The van der Waals surface area contributed by atoms with E-state index in [0.717, 1.165) is 33.7 Å². The van der Waals surface area contributed by atoms with Gasteiger partial charge in [-0.1, -0.05) is 30.3 Å². The second-order valence-electron chi connectivity index (χ2n) is 6.21. The predicted molar refractivity (Wildman–Crippen MR) is 108 cm³/mol. The number of allylic oxidation sites excluding steroid dienone is 1. The van der Waals surface area contributed by atoms with E-state index in [2.05, 4.69) is 22.1 Å². The number of pyridine rings is 2. The molecule has 27 heavy (non-hydrogen) atoms. The highest BCUT2D eigenvalue weighted by Crippen LogP contribution is 2.38. The fourth-order valence-corrected chi connectivity index (χ4v) is 3.15. The number of hydrogen-bond donors (Lipinski definition) is 2. The largest absolute Gasteiger partial charge is 0.493 e. The number of anilines is 2. The molecule has 4 N–H and O–H groups in total. The summed E-state index contributed by atoms with van der Waals surface area (Å²) >= 11 is 0. The summed E-state index contributed by atoms with van der Waals surface area (Å²) in [7, 11) is 1.57. The van der Waals surface area contributed by atoms with Crippen molar-refractivity contribution in [3.8, 4) is 5.75 Å². The number of aliphatic imine (C=N–C) groups is 1. The molecule has 3 heterocycles. The van der Waals surface area contributed by atoms with Crippen molar-refractivity contribution in [3.63, 3.8) is 0 Å². The van der Waals surface area contributed by atoms with Crippen molar-refractivity contribution in [2.24, 2.45) is 4.99 Å². The van der Waals surface area contributed by atoms with Gasteiger partial charge in [-0.2, -0.15) is 0 Å². The number of methoxy groups -OCH3 is 1. The van der Waals surface area contributed by atoms with Crippen LogP contribution in [0.5, 0.6) is 5.75 Å². The van der Waals surface area contributed by atoms with Crippen LogP contribution in [0.15, 0.2) is 65.9 Å². The summed E-state index contributed by atoms with van der Waals surface area (Å²) in [5.41, 5.74) is 17.6. The fraction of sp³-hybridized carbons (Fsp3) is 0.0952. The Labute approximate surface area is 157 Å². The summed E-state index contributed by atoms with van der Waals surface area (Å²) in [6.07, 6.45) is 4.11. The van der Waals surface area contributed by atoms with Gasteiger partial charge in [0.25, 0.3) is 0 Å². The van der Waals surface area contributed by atoms with Gasteiger partial charge in [-0.3, -0.25) is 4.99 Å². The van der Waals surface area contributed by atoms with E-state index in [-0.39, 0.29) is 0 Å². The highest BCUT2D eigenvalue weighted by atomic mass is 16.5. The third kappa shape index (κ3) is 3.25. The van der Waals surface area contributed by atoms with Crippen LogP contribution in [0, 0.1) is 0 Å². The molecule has 6 nitrogen and oxygen atoms in total. The average molecular weight is 357 g/mol. The molecule has 1 aromatic carbocycles. The monoisotopic (exact) mass is 357 g/mol. The van der Waals surface area contributed by atoms with Crippen molar-refractivity contribution in [2.45, 2.75) is 6.42 Å². The molecule has 1 aliphatic heterocycles. The number of nitrogens with zero attached hydrogens (tertiary/aromatic N) is 3. The predicted octanol–water partition coefficient (Wildman–Crippen LogP) is 3.41. The van der Waals surface area contributed by atoms with Gasteiger partial charge in [0.2, 0.25) is 0 Å². The van der Waals surface area contributed by atoms with E-state index in [4.69, 9.17) is 21.2 Å². The average Bonchev–Trinajstić information content (AvgIpc) is 3.14. The normalized spacial score (nSPS) is 13.6. The molecular weight excluding hydrogens is 338 g/mol. The molecule has 0 fully saturated rings. The first-order chi connectivity index (χ1) is 13.2. The Hall–Kier alpha value is -3.67. The Kier molecular flexibility index (Phi) is 4.30. The number of nitrogen functional groups attached to an aromatic ring is 2. The molecule has 4 rings (SSSR count). The lowest BCUT2D eigenvalue weighted by molar-refractivity contribution is 0.415. The Morgan fingerprint density at radius 1 is 0.926 bits per heavy atom. The molecule has 0 bridgehead atoms. The van der Waals surface area contributed by atoms with Crippen LogP contribution in [0.4, 0.5) is 11.6 Å². The van der Waals surface area contributed by atoms with Crippen LogP contribution in [-0.4, -0.2) is 22.8 Å². The maximum absolute atomic E-state index is 5.90. The highest BCUT2D eigenvalue weighted by Gasteiger charge is 2.23. The maximum atomic E-state index is 5.90. The zero-order valence-electron chi connectivity index (χ0n) is 14.9. The molecule has 3 aromatic rings. The summed E-state index contributed by atoms with van der Waals surface area (Å²) in [5.74, 6) is 1.35. The number of nitrogens with two attached hydrogens (primary N) is 2. The van der Waals surface area contributed by atoms with Crippen molar-refractivity contribution in [1.82, 2.24) is 9.97 Å². The van der Waals surface area contributed by atoms with Gasteiger partial charge in [-0.15, -0.1) is 0 Å². The lowest BCUT2D eigenvalue weighted by Crippen LogP contribution is -1.98. The Balaban J connectivity index is 1.86. The Morgan fingerprint density at radius 3 is 2.48 bits per heavy atom. The van der Waals surface area contributed by atoms with Gasteiger partial charge >= 0.3 is 0 Å². The van der Waals surface area contributed by atoms with E-state index >= 15 is 0 Å². The Bertz CT molecular complexity index is 1060. The van der Waals surface area contributed by atoms with Crippen molar-refractivity contribution in [3.05, 3.63) is 77.6 Å². The number of aromatic nitrogens is 2. The number of ether oxygens (including phenoxy) is 1. The van der Waals surface area contributed by atoms with Crippen LogP contribution in [0.2, 0.25) is 0 Å². The maximum Gasteiger partial charge on any atom is 0.166 e. The minimum Gasteiger partial charge on any atom is -0.493 e. The summed E-state index contributed by atoms with van der Waals surface area (Å²) in [4.78, 5) is 13.3. The van der Waals surface area contributed by atoms with Gasteiger partial charge in [-0.25, -0.2) is 9.97 Å². The molecule has 0 aliphatic carbocycles. The quantitative estimate of drug-likeness (QED) is 0.745. The van der Waals surface area contributed by atoms with E-state index in [1.165, 1.54) is 0 Å². The molecule has 6 heteroatoms. The smallest absolute Gasteiger partial charge is 0.166 e. The van der Waals surface area contributed by atoms with Crippen LogP contribution >= 0.6 is 0 Å². The molecule has 0 amide bonds. The molecule has 0 saturated heterocycles. The molecular formula is C21H19N5O. The van der Waals surface area contributed by atoms with Gasteiger partial charge < -0.3 is 16.2 Å². The van der Waals surface area contributed by atoms with Crippen LogP contribution in [-0.2, 0) is 0 Å². The fourth-order valence-electron chi connectivity index (χ4n) is 3.15. The van der Waals surface area contributed by atoms with Crippen molar-refractivity contribution in [2.75, 3.05) is 18.6 Å². The molecule has 0 spiro atoms. The first-order valence-corrected chi connectivity index (χ1v) is 8.53.